The van der Waals surface area contributed by atoms with Crippen molar-refractivity contribution in [3.05, 3.63) is 66.2 Å². The highest BCUT2D eigenvalue weighted by Gasteiger charge is 2.47. The molecule has 0 spiro atoms. The first-order valence-corrected chi connectivity index (χ1v) is 12.9. The number of hydrogen-bond acceptors (Lipinski definition) is 4. The smallest absolute Gasteiger partial charge is 0.303 e. The molecule has 2 aromatic carbocycles. The lowest BCUT2D eigenvalue weighted by molar-refractivity contribution is -0.137. The van der Waals surface area contributed by atoms with Gasteiger partial charge in [0, 0.05) is 27.8 Å². The second-order valence-corrected chi connectivity index (χ2v) is 10.4. The summed E-state index contributed by atoms with van der Waals surface area (Å²) in [5.74, 6) is 1.80. The molecule has 180 valence electrons. The molecule has 0 saturated heterocycles. The Balaban J connectivity index is 1.35. The van der Waals surface area contributed by atoms with Gasteiger partial charge in [0.2, 0.25) is 0 Å². The van der Waals surface area contributed by atoms with Crippen LogP contribution in [-0.2, 0) is 4.79 Å². The zero-order valence-electron chi connectivity index (χ0n) is 19.6. The number of fused-ring (bicyclic) bond motifs is 2. The second-order valence-electron chi connectivity index (χ2n) is 9.29. The molecular formula is C28H33NO4S. The van der Waals surface area contributed by atoms with Gasteiger partial charge < -0.3 is 15.2 Å². The lowest BCUT2D eigenvalue weighted by atomic mass is 9.82. The van der Waals surface area contributed by atoms with E-state index in [4.69, 9.17) is 9.84 Å². The first kappa shape index (κ1) is 24.4. The Morgan fingerprint density at radius 1 is 1.09 bits per heavy atom. The minimum absolute atomic E-state index is 0.00479. The van der Waals surface area contributed by atoms with Crippen molar-refractivity contribution in [1.29, 1.82) is 0 Å². The third kappa shape index (κ3) is 6.23. The van der Waals surface area contributed by atoms with Gasteiger partial charge in [-0.05, 0) is 98.7 Å². The number of aliphatic carboxylic acids is 1. The van der Waals surface area contributed by atoms with Crippen molar-refractivity contribution in [2.45, 2.75) is 60.8 Å². The van der Waals surface area contributed by atoms with Gasteiger partial charge >= 0.3 is 5.97 Å². The van der Waals surface area contributed by atoms with Crippen molar-refractivity contribution in [3.8, 4) is 5.75 Å². The monoisotopic (exact) mass is 479 g/mol. The lowest BCUT2D eigenvalue weighted by Crippen LogP contribution is -2.43. The van der Waals surface area contributed by atoms with Crippen LogP contribution >= 0.6 is 11.8 Å². The number of benzene rings is 2. The van der Waals surface area contributed by atoms with Gasteiger partial charge in [0.1, 0.15) is 5.75 Å². The fourth-order valence-electron chi connectivity index (χ4n) is 5.43. The fourth-order valence-corrected chi connectivity index (χ4v) is 6.31. The maximum absolute atomic E-state index is 13.2. The molecule has 4 atom stereocenters. The van der Waals surface area contributed by atoms with Crippen LogP contribution in [0.15, 0.2) is 70.5 Å². The summed E-state index contributed by atoms with van der Waals surface area (Å²) >= 11 is 1.63. The summed E-state index contributed by atoms with van der Waals surface area (Å²) in [6, 6.07) is 16.0. The van der Waals surface area contributed by atoms with E-state index < -0.39 is 5.97 Å². The Labute approximate surface area is 206 Å². The number of hydrogen-bond donors (Lipinski definition) is 2. The predicted octanol–water partition coefficient (Wildman–Crippen LogP) is 6.19. The molecule has 0 heterocycles. The average molecular weight is 480 g/mol. The number of amides is 1. The van der Waals surface area contributed by atoms with Crippen LogP contribution in [0.5, 0.6) is 5.75 Å². The Hall–Kier alpha value is -2.73. The van der Waals surface area contributed by atoms with E-state index in [0.717, 1.165) is 28.4 Å². The van der Waals surface area contributed by atoms with Gasteiger partial charge in [-0.3, -0.25) is 9.59 Å². The zero-order valence-corrected chi connectivity index (χ0v) is 20.4. The molecule has 2 aromatic rings. The highest BCUT2D eigenvalue weighted by atomic mass is 32.2. The van der Waals surface area contributed by atoms with Crippen molar-refractivity contribution < 1.29 is 19.4 Å². The number of carboxylic acid groups (broad SMARTS) is 1. The molecule has 1 amide bonds. The van der Waals surface area contributed by atoms with E-state index in [1.807, 2.05) is 48.5 Å². The number of nitrogens with one attached hydrogen (secondary N) is 1. The standard InChI is InChI=1S/C28H33NO4S/c1-33-22-13-15-23(16-14-22)34-24-8-6-7-21(18-24)28(32)29-27-20-12-11-19(17-20)25(27)9-4-2-3-5-10-26(30)31/h2,4,6-8,13-16,18-20,25,27H,3,5,9-12,17H2,1H3,(H,29,32)(H,30,31)/b4-2-/t19-,20?,25-,27-/m1/s1. The molecule has 4 rings (SSSR count). The number of carbonyl (C=O) groups is 2. The Morgan fingerprint density at radius 2 is 1.88 bits per heavy atom. The van der Waals surface area contributed by atoms with Crippen molar-refractivity contribution in [2.24, 2.45) is 17.8 Å². The highest BCUT2D eigenvalue weighted by Crippen LogP contribution is 2.50. The highest BCUT2D eigenvalue weighted by molar-refractivity contribution is 7.99. The largest absolute Gasteiger partial charge is 0.497 e. The topological polar surface area (TPSA) is 75.6 Å². The minimum Gasteiger partial charge on any atom is -0.497 e. The van der Waals surface area contributed by atoms with E-state index in [1.165, 1.54) is 19.3 Å². The van der Waals surface area contributed by atoms with Crippen molar-refractivity contribution >= 4 is 23.6 Å². The molecule has 1 unspecified atom stereocenters. The molecule has 2 fully saturated rings. The fraction of sp³-hybridized carbons (Fsp3) is 0.429. The summed E-state index contributed by atoms with van der Waals surface area (Å²) in [4.78, 5) is 26.0. The first-order valence-electron chi connectivity index (χ1n) is 12.1. The maximum Gasteiger partial charge on any atom is 0.303 e. The third-order valence-electron chi connectivity index (χ3n) is 7.11. The normalized spacial score (nSPS) is 23.3. The van der Waals surface area contributed by atoms with Crippen LogP contribution in [0.4, 0.5) is 0 Å². The van der Waals surface area contributed by atoms with Crippen LogP contribution in [0, 0.1) is 17.8 Å². The Morgan fingerprint density at radius 3 is 2.65 bits per heavy atom. The van der Waals surface area contributed by atoms with Gasteiger partial charge in [0.15, 0.2) is 0 Å². The molecule has 2 N–H and O–H groups in total. The Bertz CT molecular complexity index is 1020. The predicted molar refractivity (Wildman–Crippen MR) is 134 cm³/mol. The minimum atomic E-state index is -0.740. The second kappa shape index (κ2) is 11.6. The van der Waals surface area contributed by atoms with E-state index in [0.29, 0.717) is 29.7 Å². The number of rotatable bonds is 11. The number of allylic oxidation sites excluding steroid dienone is 2. The van der Waals surface area contributed by atoms with E-state index in [-0.39, 0.29) is 18.4 Å². The number of ether oxygens (including phenoxy) is 1. The van der Waals surface area contributed by atoms with Gasteiger partial charge in [-0.2, -0.15) is 0 Å². The van der Waals surface area contributed by atoms with Crippen molar-refractivity contribution in [3.63, 3.8) is 0 Å². The average Bonchev–Trinajstić information content (AvgIpc) is 3.44. The first-order chi connectivity index (χ1) is 16.5. The van der Waals surface area contributed by atoms with Crippen molar-refractivity contribution in [2.75, 3.05) is 7.11 Å². The lowest BCUT2D eigenvalue weighted by Gasteiger charge is -2.31. The number of methoxy groups -OCH3 is 1. The van der Waals surface area contributed by atoms with E-state index >= 15 is 0 Å². The Kier molecular flexibility index (Phi) is 8.33. The molecule has 2 bridgehead atoms. The molecular weight excluding hydrogens is 446 g/mol. The molecule has 0 aromatic heterocycles. The molecule has 0 aliphatic heterocycles. The summed E-state index contributed by atoms with van der Waals surface area (Å²) in [6.07, 6.45) is 10.6. The summed E-state index contributed by atoms with van der Waals surface area (Å²) < 4.78 is 5.23. The summed E-state index contributed by atoms with van der Waals surface area (Å²) in [5, 5.41) is 12.1. The van der Waals surface area contributed by atoms with Gasteiger partial charge in [-0.15, -0.1) is 0 Å². The summed E-state index contributed by atoms with van der Waals surface area (Å²) in [6.45, 7) is 0. The number of carboxylic acids is 1. The number of unbranched alkanes of at least 4 members (excludes halogenated alkanes) is 1. The van der Waals surface area contributed by atoms with Gasteiger partial charge in [0.25, 0.3) is 5.91 Å². The van der Waals surface area contributed by atoms with Crippen LogP contribution in [0.3, 0.4) is 0 Å². The zero-order chi connectivity index (χ0) is 23.9. The molecule has 0 radical (unpaired) electrons. The van der Waals surface area contributed by atoms with Crippen LogP contribution in [-0.4, -0.2) is 30.1 Å². The molecule has 34 heavy (non-hydrogen) atoms. The van der Waals surface area contributed by atoms with Crippen molar-refractivity contribution in [1.82, 2.24) is 5.32 Å². The number of carbonyl (C=O) groups excluding carboxylic acids is 1. The molecule has 2 aliphatic rings. The molecule has 5 nitrogen and oxygen atoms in total. The summed E-state index contributed by atoms with van der Waals surface area (Å²) in [7, 11) is 1.66. The molecule has 6 heteroatoms. The van der Waals surface area contributed by atoms with Crippen LogP contribution in [0.1, 0.15) is 55.3 Å². The summed E-state index contributed by atoms with van der Waals surface area (Å²) in [5.41, 5.74) is 0.698. The van der Waals surface area contributed by atoms with Crippen LogP contribution in [0.25, 0.3) is 0 Å². The quantitative estimate of drug-likeness (QED) is 0.297. The van der Waals surface area contributed by atoms with Crippen LogP contribution < -0.4 is 10.1 Å². The van der Waals surface area contributed by atoms with E-state index in [9.17, 15) is 9.59 Å². The van der Waals surface area contributed by atoms with Crippen LogP contribution in [0.2, 0.25) is 0 Å². The maximum atomic E-state index is 13.2. The van der Waals surface area contributed by atoms with Gasteiger partial charge in [-0.1, -0.05) is 30.0 Å². The molecule has 2 aliphatic carbocycles. The third-order valence-corrected chi connectivity index (χ3v) is 8.11. The van der Waals surface area contributed by atoms with E-state index in [1.54, 1.807) is 18.9 Å². The van der Waals surface area contributed by atoms with Gasteiger partial charge in [-0.25, -0.2) is 0 Å². The van der Waals surface area contributed by atoms with E-state index in [2.05, 4.69) is 17.5 Å². The molecule has 2 saturated carbocycles. The van der Waals surface area contributed by atoms with Gasteiger partial charge in [0.05, 0.1) is 7.11 Å². The SMILES string of the molecule is COc1ccc(Sc2cccc(C(=O)N[C@@H]3C4CC[C@H](C4)[C@H]3C/C=C\CCCC(=O)O)c2)cc1.